The second-order valence-corrected chi connectivity index (χ2v) is 5.64. The van der Waals surface area contributed by atoms with Crippen LogP contribution in [0.5, 0.6) is 0 Å². The molecule has 0 spiro atoms. The van der Waals surface area contributed by atoms with Gasteiger partial charge in [-0.3, -0.25) is 4.79 Å². The first-order valence-electron chi connectivity index (χ1n) is 6.78. The Hall–Kier alpha value is -1.94. The molecular formula is C17H17BrN2O. The van der Waals surface area contributed by atoms with E-state index in [0.717, 1.165) is 27.7 Å². The molecule has 0 atom stereocenters. The van der Waals surface area contributed by atoms with E-state index in [2.05, 4.69) is 26.5 Å². The highest BCUT2D eigenvalue weighted by atomic mass is 79.9. The van der Waals surface area contributed by atoms with Crippen LogP contribution in [-0.2, 0) is 11.2 Å². The molecular weight excluding hydrogens is 328 g/mol. The fraction of sp³-hybridized carbons (Fsp3) is 0.176. The number of carbonyl (C=O) groups excluding carboxylic acids is 1. The highest BCUT2D eigenvalue weighted by Gasteiger charge is 2.02. The maximum atomic E-state index is 11.8. The number of benzene rings is 2. The van der Waals surface area contributed by atoms with E-state index >= 15 is 0 Å². The molecule has 0 aliphatic heterocycles. The first-order chi connectivity index (χ1) is 10.1. The van der Waals surface area contributed by atoms with Gasteiger partial charge in [-0.25, -0.2) is 5.43 Å². The molecule has 0 aliphatic rings. The molecule has 0 saturated heterocycles. The second kappa shape index (κ2) is 7.74. The molecule has 0 bridgehead atoms. The molecule has 0 fully saturated rings. The number of hydrogen-bond donors (Lipinski definition) is 1. The largest absolute Gasteiger partial charge is 0.273 e. The Labute approximate surface area is 133 Å². The predicted molar refractivity (Wildman–Crippen MR) is 89.3 cm³/mol. The smallest absolute Gasteiger partial charge is 0.240 e. The van der Waals surface area contributed by atoms with Gasteiger partial charge < -0.3 is 0 Å². The summed E-state index contributed by atoms with van der Waals surface area (Å²) < 4.78 is 0.991. The van der Waals surface area contributed by atoms with Crippen LogP contribution in [-0.4, -0.2) is 11.6 Å². The highest BCUT2D eigenvalue weighted by molar-refractivity contribution is 9.10. The molecule has 2 aromatic carbocycles. The van der Waals surface area contributed by atoms with E-state index in [1.54, 1.807) is 0 Å². The van der Waals surface area contributed by atoms with Gasteiger partial charge in [0.15, 0.2) is 0 Å². The molecule has 0 unspecified atom stereocenters. The van der Waals surface area contributed by atoms with E-state index in [4.69, 9.17) is 0 Å². The minimum absolute atomic E-state index is 0.0757. The van der Waals surface area contributed by atoms with Crippen LogP contribution in [0.1, 0.15) is 24.5 Å². The Morgan fingerprint density at radius 3 is 2.62 bits per heavy atom. The van der Waals surface area contributed by atoms with Gasteiger partial charge in [0.25, 0.3) is 0 Å². The van der Waals surface area contributed by atoms with Crippen LogP contribution in [0.3, 0.4) is 0 Å². The van der Waals surface area contributed by atoms with Crippen LogP contribution in [0.2, 0.25) is 0 Å². The quantitative estimate of drug-likeness (QED) is 0.648. The molecule has 3 nitrogen and oxygen atoms in total. The molecule has 1 N–H and O–H groups in total. The van der Waals surface area contributed by atoms with E-state index in [-0.39, 0.29) is 5.91 Å². The molecule has 2 aromatic rings. The van der Waals surface area contributed by atoms with Crippen molar-refractivity contribution < 1.29 is 4.79 Å². The zero-order valence-corrected chi connectivity index (χ0v) is 13.4. The second-order valence-electron chi connectivity index (χ2n) is 4.73. The maximum Gasteiger partial charge on any atom is 0.240 e. The average molecular weight is 345 g/mol. The standard InChI is InChI=1S/C17H17BrN2O/c1-13(15-8-5-9-16(18)12-15)19-20-17(21)11-10-14-6-3-2-4-7-14/h2-9,12H,10-11H2,1H3,(H,20,21)/b19-13-. The van der Waals surface area contributed by atoms with E-state index < -0.39 is 0 Å². The number of hydrazone groups is 1. The van der Waals surface area contributed by atoms with E-state index in [1.165, 1.54) is 0 Å². The van der Waals surface area contributed by atoms with Gasteiger partial charge in [-0.05, 0) is 36.6 Å². The summed E-state index contributed by atoms with van der Waals surface area (Å²) in [6.07, 6.45) is 1.15. The lowest BCUT2D eigenvalue weighted by Crippen LogP contribution is -2.19. The third-order valence-electron chi connectivity index (χ3n) is 3.07. The number of carbonyl (C=O) groups is 1. The van der Waals surface area contributed by atoms with Crippen LogP contribution in [0.15, 0.2) is 64.2 Å². The molecule has 2 rings (SSSR count). The fourth-order valence-corrected chi connectivity index (χ4v) is 2.28. The van der Waals surface area contributed by atoms with Gasteiger partial charge in [0.05, 0.1) is 5.71 Å². The van der Waals surface area contributed by atoms with Crippen molar-refractivity contribution in [3.63, 3.8) is 0 Å². The lowest BCUT2D eigenvalue weighted by Gasteiger charge is -2.04. The molecule has 1 amide bonds. The van der Waals surface area contributed by atoms with Crippen LogP contribution in [0.4, 0.5) is 0 Å². The fourth-order valence-electron chi connectivity index (χ4n) is 1.88. The van der Waals surface area contributed by atoms with Crippen molar-refractivity contribution in [2.75, 3.05) is 0 Å². The van der Waals surface area contributed by atoms with Crippen molar-refractivity contribution >= 4 is 27.5 Å². The summed E-state index contributed by atoms with van der Waals surface area (Å²) in [4.78, 5) is 11.8. The molecule has 0 radical (unpaired) electrons. The van der Waals surface area contributed by atoms with Gasteiger partial charge >= 0.3 is 0 Å². The van der Waals surface area contributed by atoms with Gasteiger partial charge in [0, 0.05) is 10.9 Å². The Morgan fingerprint density at radius 1 is 1.14 bits per heavy atom. The zero-order chi connectivity index (χ0) is 15.1. The average Bonchev–Trinajstić information content (AvgIpc) is 2.51. The molecule has 4 heteroatoms. The highest BCUT2D eigenvalue weighted by Crippen LogP contribution is 2.12. The Kier molecular flexibility index (Phi) is 5.69. The molecule has 21 heavy (non-hydrogen) atoms. The van der Waals surface area contributed by atoms with Gasteiger partial charge in [-0.15, -0.1) is 0 Å². The summed E-state index contributed by atoms with van der Waals surface area (Å²) in [5.41, 5.74) is 5.52. The van der Waals surface area contributed by atoms with Crippen molar-refractivity contribution in [1.82, 2.24) is 5.43 Å². The predicted octanol–water partition coefficient (Wildman–Crippen LogP) is 3.92. The minimum atomic E-state index is -0.0757. The van der Waals surface area contributed by atoms with Crippen LogP contribution >= 0.6 is 15.9 Å². The van der Waals surface area contributed by atoms with Crippen LogP contribution < -0.4 is 5.43 Å². The number of nitrogens with one attached hydrogen (secondary N) is 1. The summed E-state index contributed by atoms with van der Waals surface area (Å²) in [5.74, 6) is -0.0757. The molecule has 0 aliphatic carbocycles. The number of rotatable bonds is 5. The first-order valence-corrected chi connectivity index (χ1v) is 7.57. The van der Waals surface area contributed by atoms with E-state index in [9.17, 15) is 4.79 Å². The monoisotopic (exact) mass is 344 g/mol. The van der Waals surface area contributed by atoms with Gasteiger partial charge in [0.1, 0.15) is 0 Å². The SMILES string of the molecule is C/C(=N/NC(=O)CCc1ccccc1)c1cccc(Br)c1. The third-order valence-corrected chi connectivity index (χ3v) is 3.57. The Bertz CT molecular complexity index is 638. The summed E-state index contributed by atoms with van der Waals surface area (Å²) in [6, 6.07) is 17.8. The minimum Gasteiger partial charge on any atom is -0.273 e. The Balaban J connectivity index is 1.87. The lowest BCUT2D eigenvalue weighted by molar-refractivity contribution is -0.121. The van der Waals surface area contributed by atoms with Gasteiger partial charge in [-0.1, -0.05) is 58.4 Å². The zero-order valence-electron chi connectivity index (χ0n) is 11.8. The van der Waals surface area contributed by atoms with Gasteiger partial charge in [-0.2, -0.15) is 5.10 Å². The van der Waals surface area contributed by atoms with Crippen LogP contribution in [0, 0.1) is 0 Å². The number of aryl methyl sites for hydroxylation is 1. The van der Waals surface area contributed by atoms with E-state index in [1.807, 2.05) is 61.5 Å². The van der Waals surface area contributed by atoms with Crippen molar-refractivity contribution in [2.45, 2.75) is 19.8 Å². The maximum absolute atomic E-state index is 11.8. The topological polar surface area (TPSA) is 41.5 Å². The normalized spacial score (nSPS) is 11.2. The number of halogens is 1. The Morgan fingerprint density at radius 2 is 1.90 bits per heavy atom. The number of nitrogens with zero attached hydrogens (tertiary/aromatic N) is 1. The molecule has 0 saturated carbocycles. The first kappa shape index (κ1) is 15.4. The summed E-state index contributed by atoms with van der Waals surface area (Å²) in [6.45, 7) is 1.87. The number of hydrogen-bond acceptors (Lipinski definition) is 2. The summed E-state index contributed by atoms with van der Waals surface area (Å²) >= 11 is 3.42. The van der Waals surface area contributed by atoms with Crippen LogP contribution in [0.25, 0.3) is 0 Å². The number of amides is 1. The summed E-state index contributed by atoms with van der Waals surface area (Å²) in [5, 5.41) is 4.14. The molecule has 0 aromatic heterocycles. The summed E-state index contributed by atoms with van der Waals surface area (Å²) in [7, 11) is 0. The lowest BCUT2D eigenvalue weighted by atomic mass is 10.1. The molecule has 108 valence electrons. The van der Waals surface area contributed by atoms with E-state index in [0.29, 0.717) is 6.42 Å². The van der Waals surface area contributed by atoms with Gasteiger partial charge in [0.2, 0.25) is 5.91 Å². The van der Waals surface area contributed by atoms with Crippen molar-refractivity contribution in [2.24, 2.45) is 5.10 Å². The van der Waals surface area contributed by atoms with Crippen molar-refractivity contribution in [1.29, 1.82) is 0 Å². The molecule has 0 heterocycles. The van der Waals surface area contributed by atoms with Crippen molar-refractivity contribution in [3.8, 4) is 0 Å². The van der Waals surface area contributed by atoms with Crippen molar-refractivity contribution in [3.05, 3.63) is 70.2 Å². The third kappa shape index (κ3) is 5.16.